The van der Waals surface area contributed by atoms with Gasteiger partial charge in [0.1, 0.15) is 11.3 Å². The lowest BCUT2D eigenvalue weighted by atomic mass is 10.1. The standard InChI is InChI=1S/C20H18ClNO2/c21-15-9-7-14(8-10-15)20-12-18(22-13-16-4-3-11-23-16)17-5-1-2-6-19(17)24-20/h1-2,5-10,12,16H,3-4,11,13H2/t16-/m1/s1. The highest BCUT2D eigenvalue weighted by Gasteiger charge is 2.14. The molecule has 1 aliphatic heterocycles. The van der Waals surface area contributed by atoms with Crippen LogP contribution in [0.3, 0.4) is 0 Å². The van der Waals surface area contributed by atoms with Gasteiger partial charge in [0.15, 0.2) is 0 Å². The fraction of sp³-hybridized carbons (Fsp3) is 0.250. The predicted octanol–water partition coefficient (Wildman–Crippen LogP) is 4.83. The lowest BCUT2D eigenvalue weighted by Gasteiger charge is -2.07. The third-order valence-corrected chi connectivity index (χ3v) is 4.52. The summed E-state index contributed by atoms with van der Waals surface area (Å²) < 4.78 is 11.7. The van der Waals surface area contributed by atoms with Gasteiger partial charge >= 0.3 is 0 Å². The first kappa shape index (κ1) is 15.4. The van der Waals surface area contributed by atoms with Crippen LogP contribution >= 0.6 is 11.6 Å². The van der Waals surface area contributed by atoms with Crippen LogP contribution < -0.4 is 5.36 Å². The molecule has 0 aliphatic carbocycles. The van der Waals surface area contributed by atoms with E-state index in [1.54, 1.807) is 0 Å². The van der Waals surface area contributed by atoms with Crippen molar-refractivity contribution in [2.45, 2.75) is 18.9 Å². The van der Waals surface area contributed by atoms with Gasteiger partial charge in [0.05, 0.1) is 18.0 Å². The van der Waals surface area contributed by atoms with Crippen LogP contribution in [0.25, 0.3) is 22.3 Å². The van der Waals surface area contributed by atoms with Gasteiger partial charge < -0.3 is 9.15 Å². The summed E-state index contributed by atoms with van der Waals surface area (Å²) in [5.74, 6) is 0.788. The molecule has 1 atom stereocenters. The molecule has 0 saturated carbocycles. The maximum atomic E-state index is 6.07. The van der Waals surface area contributed by atoms with Crippen molar-refractivity contribution >= 4 is 22.6 Å². The summed E-state index contributed by atoms with van der Waals surface area (Å²) >= 11 is 5.98. The number of para-hydroxylation sites is 1. The Morgan fingerprint density at radius 1 is 1.08 bits per heavy atom. The molecule has 4 rings (SSSR count). The van der Waals surface area contributed by atoms with Gasteiger partial charge in [-0.05, 0) is 49.2 Å². The summed E-state index contributed by atoms with van der Waals surface area (Å²) in [5.41, 5.74) is 1.81. The molecule has 122 valence electrons. The Morgan fingerprint density at radius 3 is 2.71 bits per heavy atom. The van der Waals surface area contributed by atoms with E-state index in [1.807, 2.05) is 54.6 Å². The summed E-state index contributed by atoms with van der Waals surface area (Å²) in [4.78, 5) is 4.81. The van der Waals surface area contributed by atoms with E-state index in [4.69, 9.17) is 25.7 Å². The topological polar surface area (TPSA) is 34.7 Å². The van der Waals surface area contributed by atoms with E-state index in [0.29, 0.717) is 11.6 Å². The smallest absolute Gasteiger partial charge is 0.136 e. The Morgan fingerprint density at radius 2 is 1.92 bits per heavy atom. The molecule has 3 aromatic rings. The summed E-state index contributed by atoms with van der Waals surface area (Å²) in [6, 6.07) is 17.6. The molecule has 0 bridgehead atoms. The summed E-state index contributed by atoms with van der Waals surface area (Å²) in [5, 5.41) is 2.67. The quantitative estimate of drug-likeness (QED) is 0.684. The van der Waals surface area contributed by atoms with Crippen LogP contribution in [0.5, 0.6) is 0 Å². The fourth-order valence-corrected chi connectivity index (χ4v) is 3.12. The predicted molar refractivity (Wildman–Crippen MR) is 96.1 cm³/mol. The number of benzene rings is 2. The zero-order valence-electron chi connectivity index (χ0n) is 13.2. The molecule has 2 aromatic carbocycles. The van der Waals surface area contributed by atoms with Crippen LogP contribution in [0.2, 0.25) is 5.02 Å². The molecule has 24 heavy (non-hydrogen) atoms. The number of nitrogens with zero attached hydrogens (tertiary/aromatic N) is 1. The Labute approximate surface area is 145 Å². The molecule has 2 heterocycles. The van der Waals surface area contributed by atoms with Crippen LogP contribution in [0.1, 0.15) is 12.8 Å². The van der Waals surface area contributed by atoms with Crippen molar-refractivity contribution in [3.8, 4) is 11.3 Å². The Balaban J connectivity index is 1.81. The average molecular weight is 340 g/mol. The lowest BCUT2D eigenvalue weighted by molar-refractivity contribution is 0.117. The van der Waals surface area contributed by atoms with Gasteiger partial charge in [-0.2, -0.15) is 0 Å². The third kappa shape index (κ3) is 3.23. The molecule has 4 heteroatoms. The van der Waals surface area contributed by atoms with Crippen molar-refractivity contribution in [2.75, 3.05) is 13.2 Å². The molecule has 1 fully saturated rings. The third-order valence-electron chi connectivity index (χ3n) is 4.27. The highest BCUT2D eigenvalue weighted by molar-refractivity contribution is 6.30. The normalized spacial score (nSPS) is 18.4. The van der Waals surface area contributed by atoms with Crippen LogP contribution in [-0.4, -0.2) is 19.3 Å². The minimum atomic E-state index is 0.236. The van der Waals surface area contributed by atoms with E-state index in [-0.39, 0.29) is 6.10 Å². The SMILES string of the molecule is Clc1ccc(-c2cc(=NC[C@H]3CCCO3)c3ccccc3o2)cc1. The molecule has 3 nitrogen and oxygen atoms in total. The highest BCUT2D eigenvalue weighted by atomic mass is 35.5. The van der Waals surface area contributed by atoms with Crippen LogP contribution in [0.15, 0.2) is 64.0 Å². The number of halogens is 1. The second-order valence-electron chi connectivity index (χ2n) is 5.97. The van der Waals surface area contributed by atoms with Crippen molar-refractivity contribution in [2.24, 2.45) is 4.99 Å². The van der Waals surface area contributed by atoms with Crippen molar-refractivity contribution in [1.82, 2.24) is 0 Å². The second-order valence-corrected chi connectivity index (χ2v) is 6.41. The number of ether oxygens (including phenoxy) is 1. The molecular weight excluding hydrogens is 322 g/mol. The van der Waals surface area contributed by atoms with Crippen molar-refractivity contribution in [3.05, 3.63) is 65.0 Å². The van der Waals surface area contributed by atoms with Gasteiger partial charge in [-0.3, -0.25) is 4.99 Å². The average Bonchev–Trinajstić information content (AvgIpc) is 3.13. The summed E-state index contributed by atoms with van der Waals surface area (Å²) in [7, 11) is 0. The molecule has 0 N–H and O–H groups in total. The van der Waals surface area contributed by atoms with Gasteiger partial charge in [0.2, 0.25) is 0 Å². The fourth-order valence-electron chi connectivity index (χ4n) is 2.99. The van der Waals surface area contributed by atoms with Crippen LogP contribution in [0.4, 0.5) is 0 Å². The molecule has 1 saturated heterocycles. The number of rotatable bonds is 3. The van der Waals surface area contributed by atoms with E-state index in [9.17, 15) is 0 Å². The number of hydrogen-bond acceptors (Lipinski definition) is 3. The largest absolute Gasteiger partial charge is 0.456 e. The maximum absolute atomic E-state index is 6.07. The van der Waals surface area contributed by atoms with Gasteiger partial charge in [-0.1, -0.05) is 23.7 Å². The van der Waals surface area contributed by atoms with Gasteiger partial charge in [0, 0.05) is 28.6 Å². The minimum absolute atomic E-state index is 0.236. The Hall–Kier alpha value is -2.10. The lowest BCUT2D eigenvalue weighted by Crippen LogP contribution is -2.13. The second kappa shape index (κ2) is 6.80. The number of fused-ring (bicyclic) bond motifs is 1. The van der Waals surface area contributed by atoms with Gasteiger partial charge in [-0.15, -0.1) is 0 Å². The molecule has 0 unspecified atom stereocenters. The monoisotopic (exact) mass is 339 g/mol. The van der Waals surface area contributed by atoms with Crippen LogP contribution in [-0.2, 0) is 4.74 Å². The van der Waals surface area contributed by atoms with Gasteiger partial charge in [0.25, 0.3) is 0 Å². The van der Waals surface area contributed by atoms with Crippen molar-refractivity contribution in [3.63, 3.8) is 0 Å². The van der Waals surface area contributed by atoms with Crippen molar-refractivity contribution < 1.29 is 9.15 Å². The summed E-state index contributed by atoms with van der Waals surface area (Å²) in [6.07, 6.45) is 2.45. The first-order chi connectivity index (χ1) is 11.8. The van der Waals surface area contributed by atoms with E-state index in [1.165, 1.54) is 0 Å². The molecule has 0 spiro atoms. The highest BCUT2D eigenvalue weighted by Crippen LogP contribution is 2.23. The molecular formula is C20H18ClNO2. The molecule has 0 radical (unpaired) electrons. The van der Waals surface area contributed by atoms with E-state index >= 15 is 0 Å². The van der Waals surface area contributed by atoms with E-state index < -0.39 is 0 Å². The molecule has 0 amide bonds. The van der Waals surface area contributed by atoms with E-state index in [0.717, 1.165) is 47.1 Å². The van der Waals surface area contributed by atoms with Crippen molar-refractivity contribution in [1.29, 1.82) is 0 Å². The zero-order chi connectivity index (χ0) is 16.4. The first-order valence-corrected chi connectivity index (χ1v) is 8.58. The molecule has 1 aromatic heterocycles. The van der Waals surface area contributed by atoms with E-state index in [2.05, 4.69) is 0 Å². The zero-order valence-corrected chi connectivity index (χ0v) is 14.0. The Kier molecular flexibility index (Phi) is 4.37. The maximum Gasteiger partial charge on any atom is 0.136 e. The number of hydrogen-bond donors (Lipinski definition) is 0. The van der Waals surface area contributed by atoms with Crippen LogP contribution in [0, 0.1) is 0 Å². The first-order valence-electron chi connectivity index (χ1n) is 8.20. The Bertz CT molecular complexity index is 909. The summed E-state index contributed by atoms with van der Waals surface area (Å²) in [6.45, 7) is 1.54. The molecule has 1 aliphatic rings. The minimum Gasteiger partial charge on any atom is -0.456 e. The van der Waals surface area contributed by atoms with Gasteiger partial charge in [-0.25, -0.2) is 0 Å².